The maximum Gasteiger partial charge on any atom is 0.229 e. The lowest BCUT2D eigenvalue weighted by molar-refractivity contribution is 0.183. The summed E-state index contributed by atoms with van der Waals surface area (Å²) in [6, 6.07) is 23.2. The molecule has 0 spiro atoms. The summed E-state index contributed by atoms with van der Waals surface area (Å²) < 4.78 is 41.7. The SMILES string of the molecule is CC[Si](CC)(CC)OC(CNCCOc1ccc2c(c1)sc1ccccc12)c1ccc(Cl)c(NS(C)(=O)=O)c1. The molecule has 0 bridgehead atoms. The molecule has 6 nitrogen and oxygen atoms in total. The van der Waals surface area contributed by atoms with Crippen LogP contribution in [-0.2, 0) is 14.4 Å². The van der Waals surface area contributed by atoms with Crippen molar-refractivity contribution in [3.05, 3.63) is 71.2 Å². The van der Waals surface area contributed by atoms with Gasteiger partial charge in [-0.25, -0.2) is 8.42 Å². The van der Waals surface area contributed by atoms with Crippen LogP contribution in [0.15, 0.2) is 60.7 Å². The van der Waals surface area contributed by atoms with Gasteiger partial charge in [0, 0.05) is 33.3 Å². The molecule has 0 aliphatic heterocycles. The van der Waals surface area contributed by atoms with Gasteiger partial charge < -0.3 is 14.5 Å². The van der Waals surface area contributed by atoms with Gasteiger partial charge in [-0.3, -0.25) is 4.72 Å². The minimum absolute atomic E-state index is 0.233. The molecular weight excluding hydrogens is 568 g/mol. The summed E-state index contributed by atoms with van der Waals surface area (Å²) in [5.74, 6) is 0.854. The first kappa shape index (κ1) is 29.8. The number of nitrogens with one attached hydrogen (secondary N) is 2. The molecule has 1 heterocycles. The van der Waals surface area contributed by atoms with Gasteiger partial charge in [0.1, 0.15) is 12.4 Å². The van der Waals surface area contributed by atoms with E-state index in [9.17, 15) is 8.42 Å². The molecular formula is C29H37ClN2O4S2Si. The van der Waals surface area contributed by atoms with Crippen LogP contribution < -0.4 is 14.8 Å². The first-order valence-electron chi connectivity index (χ1n) is 13.4. The molecule has 2 N–H and O–H groups in total. The maximum absolute atomic E-state index is 11.9. The summed E-state index contributed by atoms with van der Waals surface area (Å²) in [5, 5.41) is 6.38. The number of fused-ring (bicyclic) bond motifs is 3. The normalized spacial score (nSPS) is 13.2. The van der Waals surface area contributed by atoms with Gasteiger partial charge in [0.15, 0.2) is 8.32 Å². The fourth-order valence-electron chi connectivity index (χ4n) is 4.82. The van der Waals surface area contributed by atoms with Crippen LogP contribution in [0.25, 0.3) is 20.2 Å². The van der Waals surface area contributed by atoms with Crippen LogP contribution in [0.2, 0.25) is 23.2 Å². The number of rotatable bonds is 14. The summed E-state index contributed by atoms with van der Waals surface area (Å²) in [4.78, 5) is 0. The van der Waals surface area contributed by atoms with E-state index < -0.39 is 18.3 Å². The molecule has 10 heteroatoms. The third kappa shape index (κ3) is 7.54. The summed E-state index contributed by atoms with van der Waals surface area (Å²) in [6.07, 6.45) is 0.886. The van der Waals surface area contributed by atoms with E-state index in [2.05, 4.69) is 67.2 Å². The zero-order chi connectivity index (χ0) is 28.0. The molecule has 210 valence electrons. The highest BCUT2D eigenvalue weighted by Crippen LogP contribution is 2.36. The second-order valence-corrected chi connectivity index (χ2v) is 17.7. The van der Waals surface area contributed by atoms with Gasteiger partial charge in [-0.1, -0.05) is 56.6 Å². The molecule has 0 saturated carbocycles. The van der Waals surface area contributed by atoms with E-state index >= 15 is 0 Å². The molecule has 4 rings (SSSR count). The Morgan fingerprint density at radius 3 is 2.38 bits per heavy atom. The summed E-state index contributed by atoms with van der Waals surface area (Å²) in [6.45, 7) is 8.33. The van der Waals surface area contributed by atoms with Crippen LogP contribution >= 0.6 is 22.9 Å². The van der Waals surface area contributed by atoms with E-state index in [1.807, 2.05) is 12.1 Å². The highest BCUT2D eigenvalue weighted by Gasteiger charge is 2.32. The lowest BCUT2D eigenvalue weighted by atomic mass is 10.1. The average Bonchev–Trinajstić information content (AvgIpc) is 3.29. The molecule has 39 heavy (non-hydrogen) atoms. The maximum atomic E-state index is 11.9. The van der Waals surface area contributed by atoms with E-state index in [1.54, 1.807) is 23.5 Å². The zero-order valence-electron chi connectivity index (χ0n) is 22.9. The topological polar surface area (TPSA) is 76.7 Å². The molecule has 0 radical (unpaired) electrons. The fourth-order valence-corrected chi connectivity index (χ4v) is 9.57. The number of sulfonamides is 1. The Kier molecular flexibility index (Phi) is 9.95. The summed E-state index contributed by atoms with van der Waals surface area (Å²) in [5.41, 5.74) is 1.25. The lowest BCUT2D eigenvalue weighted by Gasteiger charge is -2.34. The van der Waals surface area contributed by atoms with Crippen LogP contribution in [0.1, 0.15) is 32.4 Å². The van der Waals surface area contributed by atoms with Crippen molar-refractivity contribution in [2.45, 2.75) is 45.0 Å². The molecule has 0 saturated heterocycles. The van der Waals surface area contributed by atoms with Crippen LogP contribution in [0.3, 0.4) is 0 Å². The van der Waals surface area contributed by atoms with Crippen molar-refractivity contribution in [3.63, 3.8) is 0 Å². The summed E-state index contributed by atoms with van der Waals surface area (Å²) in [7, 11) is -5.41. The largest absolute Gasteiger partial charge is 0.492 e. The highest BCUT2D eigenvalue weighted by molar-refractivity contribution is 7.92. The van der Waals surface area contributed by atoms with Gasteiger partial charge in [-0.05, 0) is 60.1 Å². The van der Waals surface area contributed by atoms with Crippen molar-refractivity contribution in [2.24, 2.45) is 0 Å². The average molecular weight is 605 g/mol. The van der Waals surface area contributed by atoms with E-state index in [1.165, 1.54) is 20.2 Å². The Bertz CT molecular complexity index is 1510. The first-order chi connectivity index (χ1) is 18.7. The minimum atomic E-state index is -3.46. The number of ether oxygens (including phenoxy) is 1. The number of hydrogen-bond acceptors (Lipinski definition) is 6. The molecule has 0 fully saturated rings. The van der Waals surface area contributed by atoms with Crippen molar-refractivity contribution >= 4 is 67.1 Å². The Hall–Kier alpha value is -2.14. The van der Waals surface area contributed by atoms with Gasteiger partial charge in [0.25, 0.3) is 0 Å². The quantitative estimate of drug-likeness (QED) is 0.113. The van der Waals surface area contributed by atoms with Crippen LogP contribution in [0.5, 0.6) is 5.75 Å². The highest BCUT2D eigenvalue weighted by atomic mass is 35.5. The molecule has 1 unspecified atom stereocenters. The van der Waals surface area contributed by atoms with Crippen LogP contribution in [0, 0.1) is 0 Å². The number of anilines is 1. The molecule has 4 aromatic rings. The lowest BCUT2D eigenvalue weighted by Crippen LogP contribution is -2.40. The van der Waals surface area contributed by atoms with Gasteiger partial charge in [-0.2, -0.15) is 0 Å². The van der Waals surface area contributed by atoms with Gasteiger partial charge >= 0.3 is 0 Å². The molecule has 0 aliphatic carbocycles. The van der Waals surface area contributed by atoms with E-state index in [4.69, 9.17) is 20.8 Å². The van der Waals surface area contributed by atoms with Crippen molar-refractivity contribution in [3.8, 4) is 5.75 Å². The van der Waals surface area contributed by atoms with Gasteiger partial charge in [-0.15, -0.1) is 11.3 Å². The predicted molar refractivity (Wildman–Crippen MR) is 169 cm³/mol. The number of hydrogen-bond donors (Lipinski definition) is 2. The smallest absolute Gasteiger partial charge is 0.229 e. The molecule has 1 aromatic heterocycles. The number of benzene rings is 3. The number of thiophene rings is 1. The van der Waals surface area contributed by atoms with Crippen LogP contribution in [0.4, 0.5) is 5.69 Å². The Morgan fingerprint density at radius 1 is 0.949 bits per heavy atom. The Morgan fingerprint density at radius 2 is 1.67 bits per heavy atom. The Labute approximate surface area is 241 Å². The van der Waals surface area contributed by atoms with Crippen LogP contribution in [-0.4, -0.2) is 42.7 Å². The molecule has 3 aromatic carbocycles. The molecule has 0 aliphatic rings. The van der Waals surface area contributed by atoms with E-state index in [-0.39, 0.29) is 6.10 Å². The van der Waals surface area contributed by atoms with E-state index in [0.717, 1.165) is 35.7 Å². The van der Waals surface area contributed by atoms with Crippen molar-refractivity contribution < 1.29 is 17.6 Å². The third-order valence-electron chi connectivity index (χ3n) is 7.21. The monoisotopic (exact) mass is 604 g/mol. The van der Waals surface area contributed by atoms with Crippen molar-refractivity contribution in [2.75, 3.05) is 30.7 Å². The van der Waals surface area contributed by atoms with Gasteiger partial charge in [0.05, 0.1) is 23.1 Å². The standard InChI is InChI=1S/C29H37ClN2O4S2Si/c1-5-39(6-2,7-3)36-27(21-12-15-25(30)26(18-21)32-38(4,33)34)20-31-16-17-35-22-13-14-24-23-10-8-9-11-28(23)37-29(24)19-22/h8-15,18-19,27,31-32H,5-7,16-17,20H2,1-4H3. The second-order valence-electron chi connectivity index (χ2n) is 9.77. The van der Waals surface area contributed by atoms with Crippen molar-refractivity contribution in [1.29, 1.82) is 0 Å². The minimum Gasteiger partial charge on any atom is -0.492 e. The summed E-state index contributed by atoms with van der Waals surface area (Å²) >= 11 is 8.07. The Balaban J connectivity index is 1.43. The third-order valence-corrected chi connectivity index (χ3v) is 13.9. The predicted octanol–water partition coefficient (Wildman–Crippen LogP) is 7.81. The molecule has 1 atom stereocenters. The molecule has 0 amide bonds. The second kappa shape index (κ2) is 13.0. The first-order valence-corrected chi connectivity index (χ1v) is 19.0. The van der Waals surface area contributed by atoms with E-state index in [0.29, 0.717) is 30.4 Å². The van der Waals surface area contributed by atoms with Gasteiger partial charge in [0.2, 0.25) is 10.0 Å². The van der Waals surface area contributed by atoms with Crippen molar-refractivity contribution in [1.82, 2.24) is 5.32 Å². The zero-order valence-corrected chi connectivity index (χ0v) is 26.3. The fraction of sp³-hybridized carbons (Fsp3) is 0.379. The number of halogens is 1.